The van der Waals surface area contributed by atoms with Crippen molar-refractivity contribution in [1.29, 1.82) is 0 Å². The Kier molecular flexibility index (Phi) is 3.39. The fraction of sp³-hybridized carbons (Fsp3) is 0.600. The Morgan fingerprint density at radius 2 is 2.00 bits per heavy atom. The van der Waals surface area contributed by atoms with E-state index in [1.54, 1.807) is 7.11 Å². The smallest absolute Gasteiger partial charge is 0.122 e. The molecule has 3 nitrogen and oxygen atoms in total. The maximum absolute atomic E-state index is 5.54. The topological polar surface area (TPSA) is 30.5 Å². The van der Waals surface area contributed by atoms with Crippen molar-refractivity contribution in [2.24, 2.45) is 0 Å². The van der Waals surface area contributed by atoms with E-state index in [2.05, 4.69) is 44.3 Å². The molecule has 0 spiro atoms. The second kappa shape index (κ2) is 4.56. The van der Waals surface area contributed by atoms with E-state index in [9.17, 15) is 0 Å². The molecule has 0 amide bonds. The highest BCUT2D eigenvalue weighted by Crippen LogP contribution is 2.45. The van der Waals surface area contributed by atoms with Crippen LogP contribution in [0.2, 0.25) is 0 Å². The third-order valence-electron chi connectivity index (χ3n) is 4.39. The van der Waals surface area contributed by atoms with Gasteiger partial charge in [-0.2, -0.15) is 0 Å². The number of aryl methyl sites for hydroxylation is 1. The minimum Gasteiger partial charge on any atom is -0.496 e. The Morgan fingerprint density at radius 1 is 1.33 bits per heavy atom. The zero-order valence-corrected chi connectivity index (χ0v) is 12.0. The van der Waals surface area contributed by atoms with E-state index in [4.69, 9.17) is 9.47 Å². The number of hydrogen-bond donors (Lipinski definition) is 1. The predicted molar refractivity (Wildman–Crippen MR) is 73.4 cm³/mol. The van der Waals surface area contributed by atoms with Crippen LogP contribution in [0.4, 0.5) is 0 Å². The van der Waals surface area contributed by atoms with Crippen LogP contribution in [0.25, 0.3) is 0 Å². The standard InChI is InChI=1S/C15H23NO2/c1-11-6-7-13(17-5)12(8-11)15(9-18-10-15)14(2,3)16-4/h6-8,16H,9-10H2,1-5H3. The number of nitrogens with one attached hydrogen (secondary N) is 1. The molecule has 1 aliphatic rings. The van der Waals surface area contributed by atoms with Crippen molar-refractivity contribution in [3.63, 3.8) is 0 Å². The first kappa shape index (κ1) is 13.4. The molecule has 1 N–H and O–H groups in total. The zero-order chi connectivity index (χ0) is 13.4. The van der Waals surface area contributed by atoms with Crippen molar-refractivity contribution >= 4 is 0 Å². The summed E-state index contributed by atoms with van der Waals surface area (Å²) in [6, 6.07) is 6.36. The van der Waals surface area contributed by atoms with Crippen molar-refractivity contribution in [3.8, 4) is 5.75 Å². The van der Waals surface area contributed by atoms with Gasteiger partial charge in [0, 0.05) is 11.1 Å². The molecule has 2 rings (SSSR count). The summed E-state index contributed by atoms with van der Waals surface area (Å²) in [6.07, 6.45) is 0. The molecule has 100 valence electrons. The number of benzene rings is 1. The number of ether oxygens (including phenoxy) is 2. The van der Waals surface area contributed by atoms with Crippen molar-refractivity contribution in [1.82, 2.24) is 5.32 Å². The molecule has 1 fully saturated rings. The summed E-state index contributed by atoms with van der Waals surface area (Å²) in [5, 5.41) is 3.42. The lowest BCUT2D eigenvalue weighted by atomic mass is 9.64. The first-order valence-electron chi connectivity index (χ1n) is 6.38. The molecule has 0 unspecified atom stereocenters. The average Bonchev–Trinajstić information content (AvgIpc) is 2.27. The Labute approximate surface area is 109 Å². The molecule has 0 bridgehead atoms. The molecular formula is C15H23NO2. The summed E-state index contributed by atoms with van der Waals surface area (Å²) in [5.41, 5.74) is 2.45. The summed E-state index contributed by atoms with van der Waals surface area (Å²) in [4.78, 5) is 0. The summed E-state index contributed by atoms with van der Waals surface area (Å²) in [6.45, 7) is 8.03. The first-order chi connectivity index (χ1) is 8.47. The van der Waals surface area contributed by atoms with E-state index >= 15 is 0 Å². The van der Waals surface area contributed by atoms with Gasteiger partial charge in [0.25, 0.3) is 0 Å². The minimum atomic E-state index is -0.0354. The van der Waals surface area contributed by atoms with Gasteiger partial charge in [-0.1, -0.05) is 17.7 Å². The van der Waals surface area contributed by atoms with Crippen LogP contribution in [0.5, 0.6) is 5.75 Å². The highest BCUT2D eigenvalue weighted by molar-refractivity contribution is 5.46. The Hall–Kier alpha value is -1.06. The van der Waals surface area contributed by atoms with E-state index < -0.39 is 0 Å². The van der Waals surface area contributed by atoms with Gasteiger partial charge in [-0.25, -0.2) is 0 Å². The lowest BCUT2D eigenvalue weighted by Gasteiger charge is -2.53. The second-order valence-corrected chi connectivity index (χ2v) is 5.65. The summed E-state index contributed by atoms with van der Waals surface area (Å²) >= 11 is 0. The molecular weight excluding hydrogens is 226 g/mol. The third-order valence-corrected chi connectivity index (χ3v) is 4.39. The van der Waals surface area contributed by atoms with Crippen LogP contribution in [0.3, 0.4) is 0 Å². The van der Waals surface area contributed by atoms with Gasteiger partial charge < -0.3 is 14.8 Å². The molecule has 1 aliphatic heterocycles. The van der Waals surface area contributed by atoms with Gasteiger partial charge >= 0.3 is 0 Å². The van der Waals surface area contributed by atoms with E-state index in [1.165, 1.54) is 11.1 Å². The lowest BCUT2D eigenvalue weighted by molar-refractivity contribution is -0.0999. The van der Waals surface area contributed by atoms with Gasteiger partial charge in [-0.3, -0.25) is 0 Å². The van der Waals surface area contributed by atoms with Gasteiger partial charge in [0.2, 0.25) is 0 Å². The van der Waals surface area contributed by atoms with Crippen LogP contribution in [0, 0.1) is 6.92 Å². The fourth-order valence-corrected chi connectivity index (χ4v) is 2.59. The van der Waals surface area contributed by atoms with E-state index in [0.29, 0.717) is 0 Å². The fourth-order valence-electron chi connectivity index (χ4n) is 2.59. The van der Waals surface area contributed by atoms with Gasteiger partial charge in [0.15, 0.2) is 0 Å². The molecule has 1 aromatic carbocycles. The molecule has 3 heteroatoms. The van der Waals surface area contributed by atoms with Crippen molar-refractivity contribution in [3.05, 3.63) is 29.3 Å². The van der Waals surface area contributed by atoms with Gasteiger partial charge in [0.05, 0.1) is 25.7 Å². The van der Waals surface area contributed by atoms with Gasteiger partial charge in [-0.05, 0) is 33.9 Å². The number of likely N-dealkylation sites (N-methyl/N-ethyl adjacent to an activating group) is 1. The highest BCUT2D eigenvalue weighted by Gasteiger charge is 2.52. The maximum atomic E-state index is 5.54. The van der Waals surface area contributed by atoms with Crippen LogP contribution < -0.4 is 10.1 Å². The number of methoxy groups -OCH3 is 1. The van der Waals surface area contributed by atoms with E-state index in [1.807, 2.05) is 7.05 Å². The highest BCUT2D eigenvalue weighted by atomic mass is 16.5. The molecule has 18 heavy (non-hydrogen) atoms. The van der Waals surface area contributed by atoms with Crippen molar-refractivity contribution < 1.29 is 9.47 Å². The molecule has 0 saturated carbocycles. The normalized spacial score (nSPS) is 18.3. The predicted octanol–water partition coefficient (Wildman–Crippen LogP) is 2.27. The van der Waals surface area contributed by atoms with Crippen molar-refractivity contribution in [2.45, 2.75) is 31.7 Å². The summed E-state index contributed by atoms with van der Waals surface area (Å²) in [7, 11) is 3.73. The molecule has 1 heterocycles. The quantitative estimate of drug-likeness (QED) is 0.888. The van der Waals surface area contributed by atoms with Gasteiger partial charge in [0.1, 0.15) is 5.75 Å². The Balaban J connectivity index is 2.54. The number of hydrogen-bond acceptors (Lipinski definition) is 3. The summed E-state index contributed by atoms with van der Waals surface area (Å²) in [5.74, 6) is 0.951. The number of rotatable bonds is 4. The molecule has 0 atom stereocenters. The summed E-state index contributed by atoms with van der Waals surface area (Å²) < 4.78 is 11.1. The second-order valence-electron chi connectivity index (χ2n) is 5.65. The Bertz CT molecular complexity index is 436. The monoisotopic (exact) mass is 249 g/mol. The molecule has 0 radical (unpaired) electrons. The van der Waals surface area contributed by atoms with E-state index in [-0.39, 0.29) is 11.0 Å². The molecule has 1 aromatic rings. The molecule has 0 aromatic heterocycles. The third kappa shape index (κ3) is 1.82. The van der Waals surface area contributed by atoms with Crippen LogP contribution in [0.15, 0.2) is 18.2 Å². The molecule has 1 saturated heterocycles. The lowest BCUT2D eigenvalue weighted by Crippen LogP contribution is -2.65. The SMILES string of the molecule is CNC(C)(C)C1(c2cc(C)ccc2OC)COC1. The average molecular weight is 249 g/mol. The Morgan fingerprint density at radius 3 is 2.44 bits per heavy atom. The van der Waals surface area contributed by atoms with Crippen LogP contribution in [-0.2, 0) is 10.2 Å². The van der Waals surface area contributed by atoms with E-state index in [0.717, 1.165) is 19.0 Å². The largest absolute Gasteiger partial charge is 0.496 e. The van der Waals surface area contributed by atoms with Crippen LogP contribution in [-0.4, -0.2) is 32.9 Å². The van der Waals surface area contributed by atoms with Gasteiger partial charge in [-0.15, -0.1) is 0 Å². The molecule has 0 aliphatic carbocycles. The maximum Gasteiger partial charge on any atom is 0.122 e. The zero-order valence-electron chi connectivity index (χ0n) is 12.0. The van der Waals surface area contributed by atoms with Crippen LogP contribution >= 0.6 is 0 Å². The first-order valence-corrected chi connectivity index (χ1v) is 6.38. The van der Waals surface area contributed by atoms with Crippen molar-refractivity contribution in [2.75, 3.05) is 27.4 Å². The van der Waals surface area contributed by atoms with Crippen LogP contribution in [0.1, 0.15) is 25.0 Å². The minimum absolute atomic E-state index is 0.0148.